The van der Waals surface area contributed by atoms with Gasteiger partial charge in [-0.15, -0.1) is 0 Å². The molecule has 2 aromatic rings. The van der Waals surface area contributed by atoms with Crippen LogP contribution in [-0.4, -0.2) is 22.6 Å². The predicted octanol–water partition coefficient (Wildman–Crippen LogP) is 2.84. The van der Waals surface area contributed by atoms with Gasteiger partial charge in [-0.3, -0.25) is 0 Å². The zero-order chi connectivity index (χ0) is 16.2. The van der Waals surface area contributed by atoms with Crippen LogP contribution >= 0.6 is 11.6 Å². The van der Waals surface area contributed by atoms with Crippen molar-refractivity contribution in [2.45, 2.75) is 11.4 Å². The Hall–Kier alpha value is -1.76. The number of nitrogens with one attached hydrogen (secondary N) is 1. The van der Waals surface area contributed by atoms with Crippen molar-refractivity contribution in [1.29, 1.82) is 0 Å². The average molecular weight is 342 g/mol. The van der Waals surface area contributed by atoms with Gasteiger partial charge in [0.2, 0.25) is 10.0 Å². The number of rotatable bonds is 6. The van der Waals surface area contributed by atoms with E-state index in [2.05, 4.69) is 4.72 Å². The van der Waals surface area contributed by atoms with Crippen LogP contribution in [0, 0.1) is 0 Å². The summed E-state index contributed by atoms with van der Waals surface area (Å²) < 4.78 is 37.4. The molecule has 0 amide bonds. The Balaban J connectivity index is 2.22. The summed E-state index contributed by atoms with van der Waals surface area (Å²) in [4.78, 5) is 0.113. The molecule has 0 aromatic heterocycles. The van der Waals surface area contributed by atoms with Gasteiger partial charge in [0, 0.05) is 17.1 Å². The molecule has 0 saturated heterocycles. The minimum Gasteiger partial charge on any atom is -0.497 e. The predicted molar refractivity (Wildman–Crippen MR) is 85.0 cm³/mol. The molecule has 0 unspecified atom stereocenters. The standard InChI is InChI=1S/C15H16ClNO4S/c1-20-13-6-7-15(21-2)11(8-13)10-17-22(18,19)14-5-3-4-12(16)9-14/h3-9,17H,10H2,1-2H3. The van der Waals surface area contributed by atoms with E-state index in [9.17, 15) is 8.42 Å². The smallest absolute Gasteiger partial charge is 0.240 e. The Morgan fingerprint density at radius 3 is 2.50 bits per heavy atom. The maximum Gasteiger partial charge on any atom is 0.240 e. The van der Waals surface area contributed by atoms with Gasteiger partial charge >= 0.3 is 0 Å². The highest BCUT2D eigenvalue weighted by atomic mass is 35.5. The molecule has 0 saturated carbocycles. The fourth-order valence-electron chi connectivity index (χ4n) is 1.91. The first-order valence-corrected chi connectivity index (χ1v) is 8.28. The van der Waals surface area contributed by atoms with Crippen molar-refractivity contribution in [3.63, 3.8) is 0 Å². The average Bonchev–Trinajstić information content (AvgIpc) is 2.52. The van der Waals surface area contributed by atoms with Crippen LogP contribution in [0.1, 0.15) is 5.56 Å². The summed E-state index contributed by atoms with van der Waals surface area (Å²) in [7, 11) is -0.588. The summed E-state index contributed by atoms with van der Waals surface area (Å²) in [5.74, 6) is 1.20. The van der Waals surface area contributed by atoms with Crippen molar-refractivity contribution in [2.75, 3.05) is 14.2 Å². The van der Waals surface area contributed by atoms with E-state index in [4.69, 9.17) is 21.1 Å². The molecule has 7 heteroatoms. The number of halogens is 1. The third kappa shape index (κ3) is 3.91. The van der Waals surface area contributed by atoms with Crippen LogP contribution in [0.25, 0.3) is 0 Å². The molecule has 2 aromatic carbocycles. The number of sulfonamides is 1. The Morgan fingerprint density at radius 2 is 1.86 bits per heavy atom. The van der Waals surface area contributed by atoms with Crippen molar-refractivity contribution >= 4 is 21.6 Å². The Kier molecular flexibility index (Phi) is 5.28. The van der Waals surface area contributed by atoms with Gasteiger partial charge in [-0.2, -0.15) is 0 Å². The highest BCUT2D eigenvalue weighted by molar-refractivity contribution is 7.89. The number of methoxy groups -OCH3 is 2. The van der Waals surface area contributed by atoms with E-state index >= 15 is 0 Å². The summed E-state index contributed by atoms with van der Waals surface area (Å²) >= 11 is 5.83. The molecule has 118 valence electrons. The molecule has 0 aliphatic heterocycles. The molecule has 0 heterocycles. The molecule has 0 bridgehead atoms. The fourth-order valence-corrected chi connectivity index (χ4v) is 3.22. The van der Waals surface area contributed by atoms with Crippen LogP contribution in [0.5, 0.6) is 11.5 Å². The summed E-state index contributed by atoms with van der Waals surface area (Å²) in [5.41, 5.74) is 0.674. The molecule has 0 aliphatic rings. The van der Waals surface area contributed by atoms with E-state index in [1.807, 2.05) is 0 Å². The van der Waals surface area contributed by atoms with E-state index < -0.39 is 10.0 Å². The molecule has 1 N–H and O–H groups in total. The van der Waals surface area contributed by atoms with Gasteiger partial charge in [0.1, 0.15) is 11.5 Å². The Bertz CT molecular complexity index is 762. The lowest BCUT2D eigenvalue weighted by Crippen LogP contribution is -2.23. The van der Waals surface area contributed by atoms with E-state index in [1.54, 1.807) is 37.4 Å². The lowest BCUT2D eigenvalue weighted by molar-refractivity contribution is 0.398. The molecule has 0 radical (unpaired) electrons. The minimum absolute atomic E-state index is 0.0786. The van der Waals surface area contributed by atoms with Gasteiger partial charge in [-0.05, 0) is 36.4 Å². The topological polar surface area (TPSA) is 64.6 Å². The first-order chi connectivity index (χ1) is 10.5. The second kappa shape index (κ2) is 7.00. The molecule has 2 rings (SSSR count). The van der Waals surface area contributed by atoms with Crippen LogP contribution < -0.4 is 14.2 Å². The second-order valence-electron chi connectivity index (χ2n) is 4.46. The molecular weight excluding hydrogens is 326 g/mol. The minimum atomic E-state index is -3.66. The van der Waals surface area contributed by atoms with Crippen LogP contribution in [0.3, 0.4) is 0 Å². The lowest BCUT2D eigenvalue weighted by Gasteiger charge is -2.12. The molecule has 0 atom stereocenters. The van der Waals surface area contributed by atoms with Crippen molar-refractivity contribution in [1.82, 2.24) is 4.72 Å². The summed E-state index contributed by atoms with van der Waals surface area (Å²) in [6, 6.07) is 11.3. The summed E-state index contributed by atoms with van der Waals surface area (Å²) in [6.45, 7) is 0.0786. The van der Waals surface area contributed by atoms with Crippen LogP contribution in [0.4, 0.5) is 0 Å². The lowest BCUT2D eigenvalue weighted by atomic mass is 10.2. The highest BCUT2D eigenvalue weighted by Crippen LogP contribution is 2.24. The second-order valence-corrected chi connectivity index (χ2v) is 6.66. The summed E-state index contributed by atoms with van der Waals surface area (Å²) in [5, 5.41) is 0.363. The Labute approximate surface area is 134 Å². The van der Waals surface area contributed by atoms with Crippen LogP contribution in [-0.2, 0) is 16.6 Å². The van der Waals surface area contributed by atoms with E-state index in [0.29, 0.717) is 22.1 Å². The van der Waals surface area contributed by atoms with Gasteiger partial charge in [0.25, 0.3) is 0 Å². The van der Waals surface area contributed by atoms with Gasteiger partial charge in [0.05, 0.1) is 19.1 Å². The Morgan fingerprint density at radius 1 is 1.09 bits per heavy atom. The van der Waals surface area contributed by atoms with Gasteiger partial charge in [-0.1, -0.05) is 17.7 Å². The van der Waals surface area contributed by atoms with E-state index in [1.165, 1.54) is 19.2 Å². The van der Waals surface area contributed by atoms with Crippen molar-refractivity contribution in [3.8, 4) is 11.5 Å². The largest absolute Gasteiger partial charge is 0.497 e. The molecule has 0 spiro atoms. The van der Waals surface area contributed by atoms with Crippen molar-refractivity contribution < 1.29 is 17.9 Å². The zero-order valence-electron chi connectivity index (χ0n) is 12.2. The van der Waals surface area contributed by atoms with Gasteiger partial charge < -0.3 is 9.47 Å². The third-order valence-electron chi connectivity index (χ3n) is 3.05. The molecule has 22 heavy (non-hydrogen) atoms. The SMILES string of the molecule is COc1ccc(OC)c(CNS(=O)(=O)c2cccc(Cl)c2)c1. The number of benzene rings is 2. The van der Waals surface area contributed by atoms with Gasteiger partial charge in [0.15, 0.2) is 0 Å². The quantitative estimate of drug-likeness (QED) is 0.877. The van der Waals surface area contributed by atoms with E-state index in [-0.39, 0.29) is 11.4 Å². The fraction of sp³-hybridized carbons (Fsp3) is 0.200. The monoisotopic (exact) mass is 341 g/mol. The number of ether oxygens (including phenoxy) is 2. The van der Waals surface area contributed by atoms with Crippen LogP contribution in [0.2, 0.25) is 5.02 Å². The van der Waals surface area contributed by atoms with Gasteiger partial charge in [-0.25, -0.2) is 13.1 Å². The molecule has 5 nitrogen and oxygen atoms in total. The highest BCUT2D eigenvalue weighted by Gasteiger charge is 2.15. The van der Waals surface area contributed by atoms with Crippen molar-refractivity contribution in [3.05, 3.63) is 53.1 Å². The number of hydrogen-bond acceptors (Lipinski definition) is 4. The molecule has 0 aliphatic carbocycles. The number of hydrogen-bond donors (Lipinski definition) is 1. The first kappa shape index (κ1) is 16.6. The molecular formula is C15H16ClNO4S. The molecule has 0 fully saturated rings. The first-order valence-electron chi connectivity index (χ1n) is 6.42. The van der Waals surface area contributed by atoms with E-state index in [0.717, 1.165) is 0 Å². The maximum absolute atomic E-state index is 12.3. The van der Waals surface area contributed by atoms with Crippen molar-refractivity contribution in [2.24, 2.45) is 0 Å². The normalized spacial score (nSPS) is 11.2. The maximum atomic E-state index is 12.3. The summed E-state index contributed by atoms with van der Waals surface area (Å²) in [6.07, 6.45) is 0. The zero-order valence-corrected chi connectivity index (χ0v) is 13.7. The van der Waals surface area contributed by atoms with Crippen LogP contribution in [0.15, 0.2) is 47.4 Å². The third-order valence-corrected chi connectivity index (χ3v) is 4.68.